The highest BCUT2D eigenvalue weighted by Crippen LogP contribution is 2.27. The third kappa shape index (κ3) is 6.68. The number of anilines is 2. The van der Waals surface area contributed by atoms with E-state index in [4.69, 9.17) is 4.74 Å². The molecule has 1 aliphatic rings. The zero-order valence-corrected chi connectivity index (χ0v) is 20.8. The molecule has 1 aromatic heterocycles. The van der Waals surface area contributed by atoms with E-state index in [1.807, 2.05) is 59.6 Å². The van der Waals surface area contributed by atoms with E-state index < -0.39 is 0 Å². The number of hydrogen-bond donors (Lipinski definition) is 1. The van der Waals surface area contributed by atoms with Gasteiger partial charge in [-0.15, -0.1) is 11.3 Å². The van der Waals surface area contributed by atoms with Gasteiger partial charge >= 0.3 is 0 Å². The highest BCUT2D eigenvalue weighted by molar-refractivity contribution is 7.12. The molecule has 3 aromatic rings. The molecule has 0 bridgehead atoms. The lowest BCUT2D eigenvalue weighted by molar-refractivity contribution is -0.115. The van der Waals surface area contributed by atoms with Gasteiger partial charge in [0, 0.05) is 45.2 Å². The Morgan fingerprint density at radius 2 is 1.94 bits per heavy atom. The zero-order chi connectivity index (χ0) is 24.8. The molecule has 2 aromatic carbocycles. The van der Waals surface area contributed by atoms with Crippen LogP contribution in [0.1, 0.15) is 33.6 Å². The number of thiophene rings is 1. The van der Waals surface area contributed by atoms with Crippen LogP contribution in [0.2, 0.25) is 0 Å². The first-order valence-electron chi connectivity index (χ1n) is 11.7. The van der Waals surface area contributed by atoms with Gasteiger partial charge in [-0.1, -0.05) is 18.2 Å². The van der Waals surface area contributed by atoms with Crippen LogP contribution in [0, 0.1) is 5.82 Å². The van der Waals surface area contributed by atoms with E-state index in [9.17, 15) is 14.0 Å². The largest absolute Gasteiger partial charge is 0.377 e. The number of halogens is 1. The Morgan fingerprint density at radius 1 is 1.14 bits per heavy atom. The number of nitrogens with one attached hydrogen (secondary N) is 1. The van der Waals surface area contributed by atoms with Crippen molar-refractivity contribution in [2.75, 3.05) is 37.5 Å². The lowest BCUT2D eigenvalue weighted by atomic mass is 10.1. The van der Waals surface area contributed by atoms with Crippen LogP contribution in [-0.4, -0.2) is 50.1 Å². The predicted molar refractivity (Wildman–Crippen MR) is 138 cm³/mol. The first-order valence-corrected chi connectivity index (χ1v) is 12.6. The summed E-state index contributed by atoms with van der Waals surface area (Å²) in [5, 5.41) is 4.84. The van der Waals surface area contributed by atoms with E-state index in [2.05, 4.69) is 5.32 Å². The van der Waals surface area contributed by atoms with Crippen LogP contribution in [0.4, 0.5) is 15.8 Å². The highest BCUT2D eigenvalue weighted by atomic mass is 32.1. The van der Waals surface area contributed by atoms with Gasteiger partial charge in [-0.3, -0.25) is 9.59 Å². The SMILES string of the molecule is CN(C)c1ccc(NC(=O)Cc2ccc(F)cc2)cc1CN(CC1CCCO1)C(=O)c1cccs1. The van der Waals surface area contributed by atoms with Crippen molar-refractivity contribution in [2.24, 2.45) is 0 Å². The lowest BCUT2D eigenvalue weighted by Gasteiger charge is -2.28. The molecule has 0 radical (unpaired) electrons. The summed E-state index contributed by atoms with van der Waals surface area (Å²) in [6, 6.07) is 15.3. The van der Waals surface area contributed by atoms with Gasteiger partial charge < -0.3 is 19.9 Å². The Balaban J connectivity index is 1.54. The molecule has 8 heteroatoms. The van der Waals surface area contributed by atoms with Gasteiger partial charge in [0.2, 0.25) is 5.91 Å². The molecule has 0 spiro atoms. The zero-order valence-electron chi connectivity index (χ0n) is 20.0. The van der Waals surface area contributed by atoms with E-state index in [1.54, 1.807) is 12.1 Å². The van der Waals surface area contributed by atoms with Gasteiger partial charge in [0.05, 0.1) is 17.4 Å². The lowest BCUT2D eigenvalue weighted by Crippen LogP contribution is -2.37. The van der Waals surface area contributed by atoms with Gasteiger partial charge in [0.25, 0.3) is 5.91 Å². The van der Waals surface area contributed by atoms with Gasteiger partial charge in [0.1, 0.15) is 5.82 Å². The van der Waals surface area contributed by atoms with Crippen LogP contribution in [0.15, 0.2) is 60.0 Å². The van der Waals surface area contributed by atoms with Gasteiger partial charge in [-0.2, -0.15) is 0 Å². The maximum atomic E-state index is 13.3. The van der Waals surface area contributed by atoms with Crippen molar-refractivity contribution in [3.63, 3.8) is 0 Å². The third-order valence-corrected chi connectivity index (χ3v) is 6.81. The van der Waals surface area contributed by atoms with Crippen molar-refractivity contribution in [3.05, 3.63) is 81.8 Å². The fraction of sp³-hybridized carbons (Fsp3) is 0.333. The molecule has 1 saturated heterocycles. The van der Waals surface area contributed by atoms with E-state index in [0.717, 1.165) is 36.3 Å². The normalized spacial score (nSPS) is 15.1. The van der Waals surface area contributed by atoms with Crippen LogP contribution < -0.4 is 10.2 Å². The molecule has 2 amide bonds. The van der Waals surface area contributed by atoms with Gasteiger partial charge in [0.15, 0.2) is 0 Å². The standard InChI is InChI=1S/C27H30FN3O3S/c1-30(2)24-12-11-22(29-26(32)15-19-7-9-21(28)10-8-19)16-20(24)17-31(18-23-5-3-13-34-23)27(33)25-6-4-14-35-25/h4,6-12,14,16,23H,3,5,13,15,17-18H2,1-2H3,(H,29,32). The van der Waals surface area contributed by atoms with Crippen LogP contribution in [0.25, 0.3) is 0 Å². The number of carbonyl (C=O) groups excluding carboxylic acids is 2. The van der Waals surface area contributed by atoms with Crippen molar-refractivity contribution in [1.82, 2.24) is 4.90 Å². The molecule has 1 atom stereocenters. The molecule has 6 nitrogen and oxygen atoms in total. The number of rotatable bonds is 9. The Labute approximate surface area is 209 Å². The minimum absolute atomic E-state index is 0.0223. The predicted octanol–water partition coefficient (Wildman–Crippen LogP) is 4.96. The first kappa shape index (κ1) is 24.9. The van der Waals surface area contributed by atoms with Crippen LogP contribution in [-0.2, 0) is 22.5 Å². The maximum absolute atomic E-state index is 13.3. The molecule has 35 heavy (non-hydrogen) atoms. The number of ether oxygens (including phenoxy) is 1. The van der Waals surface area contributed by atoms with Crippen LogP contribution >= 0.6 is 11.3 Å². The van der Waals surface area contributed by atoms with Gasteiger partial charge in [-0.05, 0) is 65.7 Å². The van der Waals surface area contributed by atoms with E-state index in [0.29, 0.717) is 23.7 Å². The van der Waals surface area contributed by atoms with Crippen molar-refractivity contribution < 1.29 is 18.7 Å². The number of benzene rings is 2. The monoisotopic (exact) mass is 495 g/mol. The molecule has 1 fully saturated rings. The summed E-state index contributed by atoms with van der Waals surface area (Å²) in [6.07, 6.45) is 2.12. The second kappa shape index (κ2) is 11.5. The summed E-state index contributed by atoms with van der Waals surface area (Å²) in [4.78, 5) is 30.5. The Kier molecular flexibility index (Phi) is 8.15. The summed E-state index contributed by atoms with van der Waals surface area (Å²) in [5.74, 6) is -0.542. The average Bonchev–Trinajstić information content (AvgIpc) is 3.54. The van der Waals surface area contributed by atoms with Gasteiger partial charge in [-0.25, -0.2) is 4.39 Å². The summed E-state index contributed by atoms with van der Waals surface area (Å²) >= 11 is 1.43. The molecule has 1 aliphatic heterocycles. The molecule has 0 aliphatic carbocycles. The molecule has 2 heterocycles. The third-order valence-electron chi connectivity index (χ3n) is 5.95. The smallest absolute Gasteiger partial charge is 0.264 e. The van der Waals surface area contributed by atoms with E-state index in [1.165, 1.54) is 23.5 Å². The Morgan fingerprint density at radius 3 is 2.60 bits per heavy atom. The minimum Gasteiger partial charge on any atom is -0.377 e. The molecule has 1 N–H and O–H groups in total. The molecular formula is C27H30FN3O3S. The minimum atomic E-state index is -0.331. The van der Waals surface area contributed by atoms with Crippen molar-refractivity contribution in [2.45, 2.75) is 31.9 Å². The van der Waals surface area contributed by atoms with Crippen LogP contribution in [0.3, 0.4) is 0 Å². The van der Waals surface area contributed by atoms with Crippen LogP contribution in [0.5, 0.6) is 0 Å². The second-order valence-electron chi connectivity index (χ2n) is 8.89. The second-order valence-corrected chi connectivity index (χ2v) is 9.84. The molecule has 0 saturated carbocycles. The highest BCUT2D eigenvalue weighted by Gasteiger charge is 2.25. The van der Waals surface area contributed by atoms with E-state index in [-0.39, 0.29) is 30.2 Å². The van der Waals surface area contributed by atoms with Crippen molar-refractivity contribution in [3.8, 4) is 0 Å². The number of nitrogens with zero attached hydrogens (tertiary/aromatic N) is 2. The Bertz CT molecular complexity index is 1140. The first-order chi connectivity index (χ1) is 16.9. The van der Waals surface area contributed by atoms with E-state index >= 15 is 0 Å². The number of hydrogen-bond acceptors (Lipinski definition) is 5. The number of amides is 2. The molecule has 1 unspecified atom stereocenters. The molecule has 4 rings (SSSR count). The maximum Gasteiger partial charge on any atom is 0.264 e. The molecule has 184 valence electrons. The fourth-order valence-corrected chi connectivity index (χ4v) is 4.92. The van der Waals surface area contributed by atoms with Crippen molar-refractivity contribution >= 4 is 34.5 Å². The molecular weight excluding hydrogens is 465 g/mol. The fourth-order valence-electron chi connectivity index (χ4n) is 4.23. The summed E-state index contributed by atoms with van der Waals surface area (Å²) < 4.78 is 19.0. The summed E-state index contributed by atoms with van der Waals surface area (Å²) in [6.45, 7) is 1.64. The topological polar surface area (TPSA) is 61.9 Å². The summed E-state index contributed by atoms with van der Waals surface area (Å²) in [5.41, 5.74) is 3.28. The quantitative estimate of drug-likeness (QED) is 0.456. The van der Waals surface area contributed by atoms with Crippen molar-refractivity contribution in [1.29, 1.82) is 0 Å². The Hall–Kier alpha value is -3.23. The number of carbonyl (C=O) groups is 2. The average molecular weight is 496 g/mol. The summed E-state index contributed by atoms with van der Waals surface area (Å²) in [7, 11) is 3.91.